The monoisotopic (exact) mass is 322 g/mol. The maximum Gasteiger partial charge on any atom is 0.272 e. The number of nitro groups is 1. The van der Waals surface area contributed by atoms with E-state index in [2.05, 4.69) is 4.72 Å². The zero-order valence-corrected chi connectivity index (χ0v) is 12.4. The van der Waals surface area contributed by atoms with E-state index in [0.717, 1.165) is 12.1 Å². The summed E-state index contributed by atoms with van der Waals surface area (Å²) >= 11 is 0. The highest BCUT2D eigenvalue weighted by molar-refractivity contribution is 7.89. The molecule has 8 nitrogen and oxygen atoms in total. The number of nitrogens with one attached hydrogen (secondary N) is 1. The minimum atomic E-state index is -4.21. The zero-order chi connectivity index (χ0) is 16.2. The van der Waals surface area contributed by atoms with Gasteiger partial charge in [-0.3, -0.25) is 10.1 Å². The summed E-state index contributed by atoms with van der Waals surface area (Å²) in [7, 11) is -1.56. The molecule has 0 saturated heterocycles. The van der Waals surface area contributed by atoms with Gasteiger partial charge in [0.15, 0.2) is 6.29 Å². The fourth-order valence-corrected chi connectivity index (χ4v) is 2.98. The van der Waals surface area contributed by atoms with Crippen LogP contribution in [0, 0.1) is 15.9 Å². The number of non-ortho nitro benzene ring substituents is 1. The lowest BCUT2D eigenvalue weighted by Crippen LogP contribution is -2.43. The molecule has 0 radical (unpaired) electrons. The molecule has 1 N–H and O–H groups in total. The Balaban J connectivity index is 3.06. The van der Waals surface area contributed by atoms with Crippen molar-refractivity contribution in [3.63, 3.8) is 0 Å². The highest BCUT2D eigenvalue weighted by atomic mass is 32.2. The van der Waals surface area contributed by atoms with Gasteiger partial charge in [0.05, 0.1) is 17.0 Å². The summed E-state index contributed by atoms with van der Waals surface area (Å²) in [4.78, 5) is 8.99. The SMILES string of the molecule is COC(OC)C(C)NS(=O)(=O)c1ccc([N+](=O)[O-])cc1F. The van der Waals surface area contributed by atoms with E-state index in [1.165, 1.54) is 21.1 Å². The molecule has 0 aliphatic rings. The summed E-state index contributed by atoms with van der Waals surface area (Å²) in [5.41, 5.74) is -0.536. The van der Waals surface area contributed by atoms with Crippen molar-refractivity contribution in [1.29, 1.82) is 0 Å². The molecule has 118 valence electrons. The van der Waals surface area contributed by atoms with Crippen LogP contribution in [0.1, 0.15) is 6.92 Å². The fourth-order valence-electron chi connectivity index (χ4n) is 1.69. The van der Waals surface area contributed by atoms with E-state index >= 15 is 0 Å². The van der Waals surface area contributed by atoms with Crippen LogP contribution >= 0.6 is 0 Å². The topological polar surface area (TPSA) is 108 Å². The summed E-state index contributed by atoms with van der Waals surface area (Å²) < 4.78 is 49.8. The highest BCUT2D eigenvalue weighted by Crippen LogP contribution is 2.20. The molecule has 0 spiro atoms. The Morgan fingerprint density at radius 2 is 1.90 bits per heavy atom. The second-order valence-corrected chi connectivity index (χ2v) is 5.80. The largest absolute Gasteiger partial charge is 0.354 e. The molecule has 10 heteroatoms. The van der Waals surface area contributed by atoms with E-state index in [0.29, 0.717) is 6.07 Å². The van der Waals surface area contributed by atoms with E-state index in [-0.39, 0.29) is 0 Å². The zero-order valence-electron chi connectivity index (χ0n) is 11.6. The molecular weight excluding hydrogens is 307 g/mol. The summed E-state index contributed by atoms with van der Waals surface area (Å²) in [6.45, 7) is 1.47. The van der Waals surface area contributed by atoms with Crippen LogP contribution in [0.3, 0.4) is 0 Å². The normalized spacial score (nSPS) is 13.4. The minimum Gasteiger partial charge on any atom is -0.354 e. The number of rotatable bonds is 7. The van der Waals surface area contributed by atoms with Crippen LogP contribution in [0.5, 0.6) is 0 Å². The van der Waals surface area contributed by atoms with Crippen molar-refractivity contribution in [2.75, 3.05) is 14.2 Å². The third kappa shape index (κ3) is 4.17. The van der Waals surface area contributed by atoms with E-state index in [9.17, 15) is 22.9 Å². The molecule has 1 rings (SSSR count). The number of ether oxygens (including phenoxy) is 2. The van der Waals surface area contributed by atoms with Crippen LogP contribution in [-0.2, 0) is 19.5 Å². The third-order valence-corrected chi connectivity index (χ3v) is 4.22. The van der Waals surface area contributed by atoms with Gasteiger partial charge in [-0.15, -0.1) is 0 Å². The molecule has 21 heavy (non-hydrogen) atoms. The quantitative estimate of drug-likeness (QED) is 0.456. The summed E-state index contributed by atoms with van der Waals surface area (Å²) in [6, 6.07) is 1.49. The maximum absolute atomic E-state index is 13.7. The van der Waals surface area contributed by atoms with Gasteiger partial charge in [0.1, 0.15) is 10.7 Å². The molecule has 0 aliphatic carbocycles. The van der Waals surface area contributed by atoms with Crippen molar-refractivity contribution in [2.24, 2.45) is 0 Å². The number of nitrogens with zero attached hydrogens (tertiary/aromatic N) is 1. The van der Waals surface area contributed by atoms with Crippen molar-refractivity contribution in [1.82, 2.24) is 4.72 Å². The second kappa shape index (κ2) is 6.89. The Morgan fingerprint density at radius 1 is 1.33 bits per heavy atom. The van der Waals surface area contributed by atoms with Gasteiger partial charge in [0, 0.05) is 20.3 Å². The van der Waals surface area contributed by atoms with Crippen LogP contribution in [0.25, 0.3) is 0 Å². The number of benzene rings is 1. The van der Waals surface area contributed by atoms with Crippen molar-refractivity contribution < 1.29 is 27.2 Å². The molecule has 0 heterocycles. The minimum absolute atomic E-state index is 0.536. The Kier molecular flexibility index (Phi) is 5.72. The van der Waals surface area contributed by atoms with Gasteiger partial charge in [-0.25, -0.2) is 17.5 Å². The Bertz CT molecular complexity index is 617. The number of halogens is 1. The predicted molar refractivity (Wildman–Crippen MR) is 70.6 cm³/mol. The Labute approximate surface area is 121 Å². The number of hydrogen-bond donors (Lipinski definition) is 1. The van der Waals surface area contributed by atoms with Crippen LogP contribution in [-0.4, -0.2) is 39.9 Å². The first-order valence-corrected chi connectivity index (χ1v) is 7.23. The number of sulfonamides is 1. The van der Waals surface area contributed by atoms with Gasteiger partial charge in [0.25, 0.3) is 5.69 Å². The summed E-state index contributed by atoms with van der Waals surface area (Å²) in [6.07, 6.45) is -0.860. The molecule has 1 aromatic carbocycles. The molecule has 0 aliphatic heterocycles. The van der Waals surface area contributed by atoms with Gasteiger partial charge in [0.2, 0.25) is 10.0 Å². The van der Waals surface area contributed by atoms with E-state index in [4.69, 9.17) is 9.47 Å². The molecule has 1 unspecified atom stereocenters. The second-order valence-electron chi connectivity index (χ2n) is 4.12. The van der Waals surface area contributed by atoms with Gasteiger partial charge in [-0.1, -0.05) is 0 Å². The summed E-state index contributed by atoms with van der Waals surface area (Å²) in [5.74, 6) is -1.21. The van der Waals surface area contributed by atoms with Crippen molar-refractivity contribution >= 4 is 15.7 Å². The van der Waals surface area contributed by atoms with E-state index in [1.807, 2.05) is 0 Å². The van der Waals surface area contributed by atoms with E-state index < -0.39 is 43.7 Å². The van der Waals surface area contributed by atoms with Gasteiger partial charge >= 0.3 is 0 Å². The molecule has 0 bridgehead atoms. The number of hydrogen-bond acceptors (Lipinski definition) is 6. The molecule has 1 atom stereocenters. The maximum atomic E-state index is 13.7. The molecule has 0 fully saturated rings. The van der Waals surface area contributed by atoms with Crippen molar-refractivity contribution in [3.05, 3.63) is 34.1 Å². The smallest absolute Gasteiger partial charge is 0.272 e. The summed E-state index contributed by atoms with van der Waals surface area (Å²) in [5, 5.41) is 10.5. The van der Waals surface area contributed by atoms with Crippen molar-refractivity contribution in [3.8, 4) is 0 Å². The average Bonchev–Trinajstić information content (AvgIpc) is 2.38. The first-order valence-electron chi connectivity index (χ1n) is 5.74. The molecule has 0 saturated carbocycles. The number of methoxy groups -OCH3 is 2. The van der Waals surface area contributed by atoms with Gasteiger partial charge in [-0.2, -0.15) is 0 Å². The molecule has 1 aromatic rings. The number of nitro benzene ring substituents is 1. The van der Waals surface area contributed by atoms with Crippen molar-refractivity contribution in [2.45, 2.75) is 24.2 Å². The Morgan fingerprint density at radius 3 is 2.33 bits per heavy atom. The van der Waals surface area contributed by atoms with Crippen LogP contribution < -0.4 is 4.72 Å². The first-order chi connectivity index (χ1) is 9.72. The first kappa shape index (κ1) is 17.4. The van der Waals surface area contributed by atoms with Gasteiger partial charge in [-0.05, 0) is 13.0 Å². The van der Waals surface area contributed by atoms with E-state index in [1.54, 1.807) is 0 Å². The van der Waals surface area contributed by atoms with Crippen LogP contribution in [0.4, 0.5) is 10.1 Å². The lowest BCUT2D eigenvalue weighted by Gasteiger charge is -2.22. The average molecular weight is 322 g/mol. The molecular formula is C11H15FN2O6S. The predicted octanol–water partition coefficient (Wildman–Crippen LogP) is 1.02. The lowest BCUT2D eigenvalue weighted by atomic mass is 10.3. The molecule has 0 aromatic heterocycles. The van der Waals surface area contributed by atoms with Gasteiger partial charge < -0.3 is 9.47 Å². The van der Waals surface area contributed by atoms with Crippen LogP contribution in [0.15, 0.2) is 23.1 Å². The standard InChI is InChI=1S/C11H15FN2O6S/c1-7(11(19-2)20-3)13-21(17,18)10-5-4-8(14(15)16)6-9(10)12/h4-7,11,13H,1-3H3. The fraction of sp³-hybridized carbons (Fsp3) is 0.455. The highest BCUT2D eigenvalue weighted by Gasteiger charge is 2.27. The Hall–Kier alpha value is -1.62. The lowest BCUT2D eigenvalue weighted by molar-refractivity contribution is -0.385. The molecule has 0 amide bonds. The third-order valence-electron chi connectivity index (χ3n) is 2.63. The van der Waals surface area contributed by atoms with Crippen LogP contribution in [0.2, 0.25) is 0 Å².